The van der Waals surface area contributed by atoms with Crippen molar-refractivity contribution in [3.05, 3.63) is 0 Å². The lowest BCUT2D eigenvalue weighted by Gasteiger charge is -2.23. The Morgan fingerprint density at radius 2 is 1.77 bits per heavy atom. The Kier molecular flexibility index (Phi) is 2.92. The highest BCUT2D eigenvalue weighted by atomic mass is 15.2. The average Bonchev–Trinajstić information content (AvgIpc) is 2.33. The Morgan fingerprint density at radius 3 is 2.54 bits per heavy atom. The van der Waals surface area contributed by atoms with Crippen molar-refractivity contribution in [3.8, 4) is 0 Å². The van der Waals surface area contributed by atoms with E-state index in [4.69, 9.17) is 0 Å². The molecule has 2 rings (SSSR count). The van der Waals surface area contributed by atoms with Gasteiger partial charge in [-0.05, 0) is 45.1 Å². The predicted octanol–water partition coefficient (Wildman–Crippen LogP) is 3.05. The van der Waals surface area contributed by atoms with E-state index in [1.807, 2.05) is 0 Å². The van der Waals surface area contributed by atoms with Crippen LogP contribution in [0, 0.1) is 5.92 Å². The molecular weight excluding hydrogens is 158 g/mol. The molecule has 0 aromatic carbocycles. The van der Waals surface area contributed by atoms with Gasteiger partial charge in [-0.3, -0.25) is 0 Å². The average molecular weight is 181 g/mol. The van der Waals surface area contributed by atoms with Crippen LogP contribution in [0.1, 0.15) is 51.9 Å². The van der Waals surface area contributed by atoms with Crippen molar-refractivity contribution in [3.63, 3.8) is 0 Å². The molecule has 0 saturated carbocycles. The maximum Gasteiger partial charge on any atom is 0.00983 e. The van der Waals surface area contributed by atoms with Crippen LogP contribution in [-0.4, -0.2) is 24.0 Å². The molecule has 0 N–H and O–H groups in total. The molecule has 2 aliphatic rings. The standard InChI is InChI=1S/C12H23N/c1-3-4-10-5-6-11-7-8-12(9-10)13(11)2/h10-12H,3-9H2,1-2H3. The van der Waals surface area contributed by atoms with Crippen molar-refractivity contribution in [2.45, 2.75) is 64.0 Å². The molecule has 2 fully saturated rings. The van der Waals surface area contributed by atoms with Gasteiger partial charge in [0, 0.05) is 12.1 Å². The Morgan fingerprint density at radius 1 is 1.08 bits per heavy atom. The lowest BCUT2D eigenvalue weighted by molar-refractivity contribution is 0.237. The summed E-state index contributed by atoms with van der Waals surface area (Å²) < 4.78 is 0. The number of hydrogen-bond donors (Lipinski definition) is 0. The fraction of sp³-hybridized carbons (Fsp3) is 1.00. The van der Waals surface area contributed by atoms with Crippen molar-refractivity contribution in [2.24, 2.45) is 5.92 Å². The number of rotatable bonds is 2. The molecule has 2 heterocycles. The number of fused-ring (bicyclic) bond motifs is 2. The first-order valence-electron chi connectivity index (χ1n) is 6.03. The SMILES string of the molecule is CCCC1CCC2CCC(C1)N2C. The Hall–Kier alpha value is -0.0400. The maximum atomic E-state index is 2.66. The van der Waals surface area contributed by atoms with Crippen molar-refractivity contribution in [1.29, 1.82) is 0 Å². The fourth-order valence-electron chi connectivity index (χ4n) is 3.32. The molecular formula is C12H23N. The van der Waals surface area contributed by atoms with Gasteiger partial charge in [-0.25, -0.2) is 0 Å². The van der Waals surface area contributed by atoms with Crippen LogP contribution in [-0.2, 0) is 0 Å². The first-order chi connectivity index (χ1) is 6.31. The second kappa shape index (κ2) is 4.00. The molecule has 0 aromatic rings. The van der Waals surface area contributed by atoms with E-state index in [9.17, 15) is 0 Å². The largest absolute Gasteiger partial charge is 0.300 e. The topological polar surface area (TPSA) is 3.24 Å². The zero-order chi connectivity index (χ0) is 9.26. The van der Waals surface area contributed by atoms with Crippen LogP contribution >= 0.6 is 0 Å². The van der Waals surface area contributed by atoms with Crippen LogP contribution < -0.4 is 0 Å². The van der Waals surface area contributed by atoms with Crippen LogP contribution in [0.3, 0.4) is 0 Å². The van der Waals surface area contributed by atoms with Gasteiger partial charge in [0.1, 0.15) is 0 Å². The van der Waals surface area contributed by atoms with Crippen molar-refractivity contribution < 1.29 is 0 Å². The predicted molar refractivity (Wildman–Crippen MR) is 56.8 cm³/mol. The Balaban J connectivity index is 1.95. The molecule has 2 bridgehead atoms. The van der Waals surface area contributed by atoms with E-state index in [1.54, 1.807) is 0 Å². The summed E-state index contributed by atoms with van der Waals surface area (Å²) in [4.78, 5) is 2.66. The zero-order valence-electron chi connectivity index (χ0n) is 9.13. The molecule has 2 saturated heterocycles. The molecule has 76 valence electrons. The van der Waals surface area contributed by atoms with E-state index in [1.165, 1.54) is 44.9 Å². The quantitative estimate of drug-likeness (QED) is 0.633. The van der Waals surface area contributed by atoms with E-state index in [0.29, 0.717) is 0 Å². The first-order valence-corrected chi connectivity index (χ1v) is 6.03. The van der Waals surface area contributed by atoms with Crippen LogP contribution in [0.5, 0.6) is 0 Å². The summed E-state index contributed by atoms with van der Waals surface area (Å²) in [6, 6.07) is 1.87. The van der Waals surface area contributed by atoms with Gasteiger partial charge in [0.2, 0.25) is 0 Å². The van der Waals surface area contributed by atoms with Gasteiger partial charge in [-0.15, -0.1) is 0 Å². The van der Waals surface area contributed by atoms with Gasteiger partial charge >= 0.3 is 0 Å². The third kappa shape index (κ3) is 1.90. The van der Waals surface area contributed by atoms with Crippen molar-refractivity contribution in [1.82, 2.24) is 4.90 Å². The third-order valence-electron chi connectivity index (χ3n) is 4.20. The molecule has 0 aromatic heterocycles. The summed E-state index contributed by atoms with van der Waals surface area (Å²) in [5.74, 6) is 1.04. The zero-order valence-corrected chi connectivity index (χ0v) is 9.13. The molecule has 1 heteroatoms. The summed E-state index contributed by atoms with van der Waals surface area (Å²) >= 11 is 0. The molecule has 0 amide bonds. The minimum absolute atomic E-state index is 0.934. The second-order valence-electron chi connectivity index (χ2n) is 5.02. The van der Waals surface area contributed by atoms with Gasteiger partial charge in [-0.2, -0.15) is 0 Å². The van der Waals surface area contributed by atoms with Crippen molar-refractivity contribution >= 4 is 0 Å². The minimum atomic E-state index is 0.934. The highest BCUT2D eigenvalue weighted by Crippen LogP contribution is 2.36. The molecule has 0 spiro atoms. The summed E-state index contributed by atoms with van der Waals surface area (Å²) in [6.45, 7) is 2.33. The lowest BCUT2D eigenvalue weighted by atomic mass is 9.88. The lowest BCUT2D eigenvalue weighted by Crippen LogP contribution is -2.30. The summed E-state index contributed by atoms with van der Waals surface area (Å²) in [5.41, 5.74) is 0. The maximum absolute atomic E-state index is 2.66. The van der Waals surface area contributed by atoms with E-state index >= 15 is 0 Å². The highest BCUT2D eigenvalue weighted by molar-refractivity contribution is 4.90. The van der Waals surface area contributed by atoms with Gasteiger partial charge in [0.25, 0.3) is 0 Å². The van der Waals surface area contributed by atoms with E-state index in [0.717, 1.165) is 18.0 Å². The van der Waals surface area contributed by atoms with Gasteiger partial charge in [0.15, 0.2) is 0 Å². The third-order valence-corrected chi connectivity index (χ3v) is 4.20. The van der Waals surface area contributed by atoms with Gasteiger partial charge in [0.05, 0.1) is 0 Å². The molecule has 3 unspecified atom stereocenters. The van der Waals surface area contributed by atoms with Crippen molar-refractivity contribution in [2.75, 3.05) is 7.05 Å². The van der Waals surface area contributed by atoms with Crippen LogP contribution in [0.2, 0.25) is 0 Å². The molecule has 0 aliphatic carbocycles. The summed E-state index contributed by atoms with van der Waals surface area (Å²) in [6.07, 6.45) is 10.3. The van der Waals surface area contributed by atoms with E-state index < -0.39 is 0 Å². The first kappa shape index (κ1) is 9.51. The number of hydrogen-bond acceptors (Lipinski definition) is 1. The molecule has 0 radical (unpaired) electrons. The summed E-state index contributed by atoms with van der Waals surface area (Å²) in [5, 5.41) is 0. The Bertz CT molecular complexity index is 167. The fourth-order valence-corrected chi connectivity index (χ4v) is 3.32. The molecule has 13 heavy (non-hydrogen) atoms. The van der Waals surface area contributed by atoms with Crippen LogP contribution in [0.25, 0.3) is 0 Å². The summed E-state index contributed by atoms with van der Waals surface area (Å²) in [7, 11) is 2.34. The normalized spacial score (nSPS) is 40.6. The highest BCUT2D eigenvalue weighted by Gasteiger charge is 2.34. The molecule has 2 aliphatic heterocycles. The number of nitrogens with zero attached hydrogens (tertiary/aromatic N) is 1. The molecule has 3 atom stereocenters. The van der Waals surface area contributed by atoms with Crippen LogP contribution in [0.15, 0.2) is 0 Å². The second-order valence-corrected chi connectivity index (χ2v) is 5.02. The smallest absolute Gasteiger partial charge is 0.00983 e. The van der Waals surface area contributed by atoms with Gasteiger partial charge in [-0.1, -0.05) is 19.8 Å². The Labute approximate surface area is 82.5 Å². The van der Waals surface area contributed by atoms with Gasteiger partial charge < -0.3 is 4.90 Å². The molecule has 1 nitrogen and oxygen atoms in total. The minimum Gasteiger partial charge on any atom is -0.300 e. The van der Waals surface area contributed by atoms with E-state index in [-0.39, 0.29) is 0 Å². The monoisotopic (exact) mass is 181 g/mol. The van der Waals surface area contributed by atoms with E-state index in [2.05, 4.69) is 18.9 Å². The van der Waals surface area contributed by atoms with Crippen LogP contribution in [0.4, 0.5) is 0 Å².